The average Bonchev–Trinajstić information content (AvgIpc) is 2.76. The molecule has 1 aliphatic rings. The van der Waals surface area contributed by atoms with Crippen LogP contribution in [0.15, 0.2) is 24.3 Å². The number of carbonyl (C=O) groups excluding carboxylic acids is 3. The van der Waals surface area contributed by atoms with Crippen LogP contribution in [0.3, 0.4) is 0 Å². The van der Waals surface area contributed by atoms with E-state index in [0.29, 0.717) is 0 Å². The van der Waals surface area contributed by atoms with E-state index in [-0.39, 0.29) is 30.6 Å². The van der Waals surface area contributed by atoms with Gasteiger partial charge in [0.1, 0.15) is 5.92 Å². The third-order valence-corrected chi connectivity index (χ3v) is 3.27. The molecule has 1 fully saturated rings. The van der Waals surface area contributed by atoms with Crippen LogP contribution in [0, 0.1) is 5.92 Å². The van der Waals surface area contributed by atoms with Gasteiger partial charge < -0.3 is 5.32 Å². The van der Waals surface area contributed by atoms with Crippen molar-refractivity contribution in [2.45, 2.75) is 26.2 Å². The average molecular weight is 275 g/mol. The van der Waals surface area contributed by atoms with Crippen molar-refractivity contribution >= 4 is 23.4 Å². The molecule has 0 spiro atoms. The first-order chi connectivity index (χ1) is 9.61. The van der Waals surface area contributed by atoms with Gasteiger partial charge in [0.15, 0.2) is 0 Å². The molecule has 20 heavy (non-hydrogen) atoms. The molecule has 106 valence electrons. The minimum atomic E-state index is -0.776. The number of nitrogens with one attached hydrogen (secondary N) is 3. The fraction of sp³-hybridized carbons (Fsp3) is 0.357. The van der Waals surface area contributed by atoms with Gasteiger partial charge in [-0.2, -0.15) is 0 Å². The highest BCUT2D eigenvalue weighted by atomic mass is 16.2. The number of hydrogen-bond acceptors (Lipinski definition) is 3. The fourth-order valence-corrected chi connectivity index (χ4v) is 2.12. The summed E-state index contributed by atoms with van der Waals surface area (Å²) in [4.78, 5) is 34.5. The first-order valence-electron chi connectivity index (χ1n) is 6.59. The summed E-state index contributed by atoms with van der Waals surface area (Å²) in [5.41, 5.74) is 6.31. The number of rotatable bonds is 5. The van der Waals surface area contributed by atoms with Gasteiger partial charge in [-0.1, -0.05) is 25.1 Å². The molecule has 0 saturated carbocycles. The second-order valence-corrected chi connectivity index (χ2v) is 4.63. The molecular formula is C14H17N3O3. The molecule has 1 aliphatic heterocycles. The number of benzene rings is 1. The van der Waals surface area contributed by atoms with Crippen LogP contribution < -0.4 is 16.2 Å². The van der Waals surface area contributed by atoms with E-state index in [0.717, 1.165) is 17.7 Å². The maximum absolute atomic E-state index is 11.9. The molecule has 3 N–H and O–H groups in total. The normalized spacial score (nSPS) is 14.8. The Morgan fingerprint density at radius 3 is 2.50 bits per heavy atom. The van der Waals surface area contributed by atoms with E-state index in [2.05, 4.69) is 16.2 Å². The largest absolute Gasteiger partial charge is 0.326 e. The second-order valence-electron chi connectivity index (χ2n) is 4.63. The second kappa shape index (κ2) is 6.18. The van der Waals surface area contributed by atoms with Crippen molar-refractivity contribution in [3.8, 4) is 0 Å². The Hall–Kier alpha value is -2.37. The molecule has 1 heterocycles. The van der Waals surface area contributed by atoms with Crippen LogP contribution in [-0.4, -0.2) is 17.7 Å². The Bertz CT molecular complexity index is 526. The summed E-state index contributed by atoms with van der Waals surface area (Å²) in [7, 11) is 0. The van der Waals surface area contributed by atoms with Gasteiger partial charge >= 0.3 is 0 Å². The predicted octanol–water partition coefficient (Wildman–Crippen LogP) is 0.745. The minimum absolute atomic E-state index is 0.129. The topological polar surface area (TPSA) is 87.3 Å². The van der Waals surface area contributed by atoms with Gasteiger partial charge in [-0.25, -0.2) is 0 Å². The molecule has 0 unspecified atom stereocenters. The molecule has 2 rings (SSSR count). The van der Waals surface area contributed by atoms with Gasteiger partial charge in [0.05, 0.1) is 0 Å². The zero-order valence-corrected chi connectivity index (χ0v) is 11.2. The van der Waals surface area contributed by atoms with Crippen LogP contribution in [0.1, 0.15) is 25.3 Å². The number of para-hydroxylation sites is 1. The van der Waals surface area contributed by atoms with Crippen LogP contribution in [-0.2, 0) is 20.8 Å². The molecule has 6 nitrogen and oxygen atoms in total. The lowest BCUT2D eigenvalue weighted by Crippen LogP contribution is -2.28. The molecule has 1 saturated heterocycles. The van der Waals surface area contributed by atoms with E-state index in [9.17, 15) is 14.4 Å². The summed E-state index contributed by atoms with van der Waals surface area (Å²) < 4.78 is 0. The molecule has 0 aromatic heterocycles. The third kappa shape index (κ3) is 3.14. The monoisotopic (exact) mass is 275 g/mol. The van der Waals surface area contributed by atoms with Crippen LogP contribution in [0.25, 0.3) is 0 Å². The van der Waals surface area contributed by atoms with Gasteiger partial charge in [-0.05, 0) is 24.5 Å². The van der Waals surface area contributed by atoms with Crippen LogP contribution in [0.4, 0.5) is 5.69 Å². The standard InChI is InChI=1S/C14H17N3O3/c1-2-9-5-3-4-6-11(9)15-12(18)8-7-10-13(19)16-17-14(10)20/h3-6,10H,2,7-8H2,1H3,(H,15,18)(H,16,19)(H,17,20). The molecule has 1 aromatic carbocycles. The van der Waals surface area contributed by atoms with Crippen molar-refractivity contribution in [1.82, 2.24) is 10.9 Å². The first kappa shape index (κ1) is 14.0. The van der Waals surface area contributed by atoms with Crippen molar-refractivity contribution in [2.24, 2.45) is 5.92 Å². The molecule has 0 radical (unpaired) electrons. The number of hydrazine groups is 1. The van der Waals surface area contributed by atoms with Crippen LogP contribution in [0.2, 0.25) is 0 Å². The van der Waals surface area contributed by atoms with Crippen molar-refractivity contribution in [3.05, 3.63) is 29.8 Å². The summed E-state index contributed by atoms with van der Waals surface area (Å²) in [6, 6.07) is 7.56. The maximum Gasteiger partial charge on any atom is 0.251 e. The smallest absolute Gasteiger partial charge is 0.251 e. The van der Waals surface area contributed by atoms with Gasteiger partial charge in [0.2, 0.25) is 5.91 Å². The number of amides is 3. The highest BCUT2D eigenvalue weighted by Crippen LogP contribution is 2.17. The Morgan fingerprint density at radius 2 is 1.85 bits per heavy atom. The number of carbonyl (C=O) groups is 3. The highest BCUT2D eigenvalue weighted by molar-refractivity contribution is 6.05. The lowest BCUT2D eigenvalue weighted by molar-refractivity contribution is -0.128. The molecular weight excluding hydrogens is 258 g/mol. The van der Waals surface area contributed by atoms with E-state index in [1.165, 1.54) is 0 Å². The number of aryl methyl sites for hydroxylation is 1. The zero-order valence-electron chi connectivity index (χ0n) is 11.2. The first-order valence-corrected chi connectivity index (χ1v) is 6.59. The van der Waals surface area contributed by atoms with Crippen LogP contribution in [0.5, 0.6) is 0 Å². The van der Waals surface area contributed by atoms with Crippen molar-refractivity contribution in [3.63, 3.8) is 0 Å². The van der Waals surface area contributed by atoms with Crippen molar-refractivity contribution in [1.29, 1.82) is 0 Å². The van der Waals surface area contributed by atoms with E-state index >= 15 is 0 Å². The van der Waals surface area contributed by atoms with Gasteiger partial charge in [0, 0.05) is 12.1 Å². The van der Waals surface area contributed by atoms with Gasteiger partial charge in [-0.15, -0.1) is 0 Å². The SMILES string of the molecule is CCc1ccccc1NC(=O)CCC1C(=O)NNC1=O. The number of anilines is 1. The Balaban J connectivity index is 1.89. The lowest BCUT2D eigenvalue weighted by atomic mass is 10.0. The van der Waals surface area contributed by atoms with Crippen molar-refractivity contribution < 1.29 is 14.4 Å². The summed E-state index contributed by atoms with van der Waals surface area (Å²) in [6.07, 6.45) is 1.16. The number of hydrogen-bond donors (Lipinski definition) is 3. The van der Waals surface area contributed by atoms with E-state index in [4.69, 9.17) is 0 Å². The minimum Gasteiger partial charge on any atom is -0.326 e. The molecule has 1 aromatic rings. The molecule has 6 heteroatoms. The quantitative estimate of drug-likeness (QED) is 0.693. The molecule has 0 bridgehead atoms. The Labute approximate surface area is 116 Å². The Kier molecular flexibility index (Phi) is 4.34. The van der Waals surface area contributed by atoms with E-state index in [1.54, 1.807) is 0 Å². The summed E-state index contributed by atoms with van der Waals surface area (Å²) in [5.74, 6) is -1.73. The summed E-state index contributed by atoms with van der Waals surface area (Å²) >= 11 is 0. The Morgan fingerprint density at radius 1 is 1.20 bits per heavy atom. The lowest BCUT2D eigenvalue weighted by Gasteiger charge is -2.10. The maximum atomic E-state index is 11.9. The van der Waals surface area contributed by atoms with Gasteiger partial charge in [-0.3, -0.25) is 25.2 Å². The molecule has 0 aliphatic carbocycles. The highest BCUT2D eigenvalue weighted by Gasteiger charge is 2.32. The molecule has 3 amide bonds. The predicted molar refractivity (Wildman–Crippen MR) is 73.5 cm³/mol. The summed E-state index contributed by atoms with van der Waals surface area (Å²) in [6.45, 7) is 2.01. The van der Waals surface area contributed by atoms with E-state index in [1.807, 2.05) is 31.2 Å². The fourth-order valence-electron chi connectivity index (χ4n) is 2.12. The van der Waals surface area contributed by atoms with Crippen molar-refractivity contribution in [2.75, 3.05) is 5.32 Å². The van der Waals surface area contributed by atoms with E-state index < -0.39 is 5.92 Å². The third-order valence-electron chi connectivity index (χ3n) is 3.27. The van der Waals surface area contributed by atoms with Gasteiger partial charge in [0.25, 0.3) is 11.8 Å². The van der Waals surface area contributed by atoms with Crippen LogP contribution >= 0.6 is 0 Å². The summed E-state index contributed by atoms with van der Waals surface area (Å²) in [5, 5.41) is 2.81. The molecule has 0 atom stereocenters. The zero-order chi connectivity index (χ0) is 14.5.